The molecule has 2 rings (SSSR count). The highest BCUT2D eigenvalue weighted by Crippen LogP contribution is 2.25. The van der Waals surface area contributed by atoms with Crippen molar-refractivity contribution in [2.75, 3.05) is 14.2 Å². The zero-order valence-corrected chi connectivity index (χ0v) is 12.8. The second-order valence-corrected chi connectivity index (χ2v) is 4.69. The summed E-state index contributed by atoms with van der Waals surface area (Å²) in [6.07, 6.45) is 4.74. The molecule has 0 saturated carbocycles. The molecule has 1 heterocycles. The molecule has 1 amide bonds. The number of hydrogen-bond acceptors (Lipinski definition) is 4. The van der Waals surface area contributed by atoms with E-state index < -0.39 is 0 Å². The molecule has 0 radical (unpaired) electrons. The van der Waals surface area contributed by atoms with Crippen molar-refractivity contribution in [3.63, 3.8) is 0 Å². The maximum absolute atomic E-state index is 11.9. The van der Waals surface area contributed by atoms with Crippen molar-refractivity contribution in [3.8, 4) is 11.5 Å². The third kappa shape index (κ3) is 3.91. The molecule has 1 aromatic carbocycles. The van der Waals surface area contributed by atoms with Gasteiger partial charge in [-0.05, 0) is 37.3 Å². The van der Waals surface area contributed by atoms with Crippen LogP contribution in [0.15, 0.2) is 47.1 Å². The molecule has 0 aliphatic rings. The number of nitrogens with one attached hydrogen (secondary N) is 1. The van der Waals surface area contributed by atoms with Gasteiger partial charge >= 0.3 is 0 Å². The summed E-state index contributed by atoms with van der Waals surface area (Å²) in [5.74, 6) is 1.85. The third-order valence-corrected chi connectivity index (χ3v) is 3.18. The molecular formula is C17H19NO4. The van der Waals surface area contributed by atoms with Gasteiger partial charge < -0.3 is 19.2 Å². The number of rotatable bonds is 6. The number of carbonyl (C=O) groups excluding carboxylic acids is 1. The first-order valence-corrected chi connectivity index (χ1v) is 6.88. The van der Waals surface area contributed by atoms with Gasteiger partial charge in [-0.15, -0.1) is 0 Å². The molecule has 0 spiro atoms. The lowest BCUT2D eigenvalue weighted by atomic mass is 10.1. The molecule has 0 aliphatic heterocycles. The normalized spacial score (nSPS) is 12.1. The van der Waals surface area contributed by atoms with Crippen LogP contribution in [0.1, 0.15) is 24.3 Å². The maximum Gasteiger partial charge on any atom is 0.244 e. The molecule has 5 nitrogen and oxygen atoms in total. The summed E-state index contributed by atoms with van der Waals surface area (Å²) in [6, 6.07) is 8.83. The van der Waals surface area contributed by atoms with Gasteiger partial charge in [0.1, 0.15) is 17.3 Å². The summed E-state index contributed by atoms with van der Waals surface area (Å²) in [6.45, 7) is 1.86. The topological polar surface area (TPSA) is 60.7 Å². The van der Waals surface area contributed by atoms with Gasteiger partial charge in [0.05, 0.1) is 26.5 Å². The number of furan rings is 1. The number of carbonyl (C=O) groups is 1. The van der Waals surface area contributed by atoms with E-state index in [9.17, 15) is 4.79 Å². The SMILES string of the molecule is COc1ccc(/C=C/C(=O)N[C@H](C)c2ccco2)c(OC)c1. The largest absolute Gasteiger partial charge is 0.497 e. The lowest BCUT2D eigenvalue weighted by Crippen LogP contribution is -2.24. The Hall–Kier alpha value is -2.69. The van der Waals surface area contributed by atoms with Gasteiger partial charge in [0.2, 0.25) is 5.91 Å². The summed E-state index contributed by atoms with van der Waals surface area (Å²) in [7, 11) is 3.17. The average Bonchev–Trinajstić information content (AvgIpc) is 3.07. The Labute approximate surface area is 129 Å². The number of benzene rings is 1. The van der Waals surface area contributed by atoms with Crippen LogP contribution in [0.5, 0.6) is 11.5 Å². The monoisotopic (exact) mass is 301 g/mol. The molecule has 0 fully saturated rings. The molecule has 2 aromatic rings. The average molecular weight is 301 g/mol. The zero-order valence-electron chi connectivity index (χ0n) is 12.8. The van der Waals surface area contributed by atoms with Crippen molar-refractivity contribution in [3.05, 3.63) is 54.0 Å². The first kappa shape index (κ1) is 15.7. The standard InChI is InChI=1S/C17H19NO4/c1-12(15-5-4-10-22-15)18-17(19)9-7-13-6-8-14(20-2)11-16(13)21-3/h4-12H,1-3H3,(H,18,19)/b9-7+/t12-/m1/s1. The van der Waals surface area contributed by atoms with Crippen molar-refractivity contribution < 1.29 is 18.7 Å². The fourth-order valence-corrected chi connectivity index (χ4v) is 1.99. The molecule has 0 aliphatic carbocycles. The lowest BCUT2D eigenvalue weighted by Gasteiger charge is -2.09. The fourth-order valence-electron chi connectivity index (χ4n) is 1.99. The summed E-state index contributed by atoms with van der Waals surface area (Å²) >= 11 is 0. The minimum atomic E-state index is -0.207. The van der Waals surface area contributed by atoms with E-state index in [-0.39, 0.29) is 11.9 Å². The van der Waals surface area contributed by atoms with Crippen molar-refractivity contribution in [1.29, 1.82) is 0 Å². The van der Waals surface area contributed by atoms with Gasteiger partial charge in [-0.3, -0.25) is 4.79 Å². The number of methoxy groups -OCH3 is 2. The highest BCUT2D eigenvalue weighted by Gasteiger charge is 2.10. The van der Waals surface area contributed by atoms with Crippen LogP contribution in [-0.4, -0.2) is 20.1 Å². The van der Waals surface area contributed by atoms with Gasteiger partial charge in [-0.25, -0.2) is 0 Å². The van der Waals surface area contributed by atoms with Crippen molar-refractivity contribution in [2.24, 2.45) is 0 Å². The van der Waals surface area contributed by atoms with Crippen molar-refractivity contribution in [2.45, 2.75) is 13.0 Å². The molecule has 1 aromatic heterocycles. The fraction of sp³-hybridized carbons (Fsp3) is 0.235. The van der Waals surface area contributed by atoms with Crippen LogP contribution in [0.2, 0.25) is 0 Å². The quantitative estimate of drug-likeness (QED) is 0.832. The van der Waals surface area contributed by atoms with E-state index >= 15 is 0 Å². The van der Waals surface area contributed by atoms with E-state index in [4.69, 9.17) is 13.9 Å². The first-order valence-electron chi connectivity index (χ1n) is 6.88. The van der Waals surface area contributed by atoms with Gasteiger partial charge in [-0.1, -0.05) is 0 Å². The Morgan fingerprint density at radius 1 is 1.27 bits per heavy atom. The zero-order chi connectivity index (χ0) is 15.9. The van der Waals surface area contributed by atoms with E-state index in [0.717, 1.165) is 5.56 Å². The van der Waals surface area contributed by atoms with Crippen molar-refractivity contribution >= 4 is 12.0 Å². The second kappa shape index (κ2) is 7.36. The number of ether oxygens (including phenoxy) is 2. The van der Waals surface area contributed by atoms with Crippen molar-refractivity contribution in [1.82, 2.24) is 5.32 Å². The van der Waals surface area contributed by atoms with E-state index in [1.54, 1.807) is 38.7 Å². The minimum absolute atomic E-state index is 0.190. The number of hydrogen-bond donors (Lipinski definition) is 1. The van der Waals surface area contributed by atoms with Gasteiger partial charge in [-0.2, -0.15) is 0 Å². The number of amides is 1. The molecular weight excluding hydrogens is 282 g/mol. The Morgan fingerprint density at radius 2 is 2.09 bits per heavy atom. The van der Waals surface area contributed by atoms with E-state index in [1.165, 1.54) is 6.08 Å². The molecule has 5 heteroatoms. The van der Waals surface area contributed by atoms with Gasteiger partial charge in [0, 0.05) is 17.7 Å². The van der Waals surface area contributed by atoms with Crippen LogP contribution in [0.25, 0.3) is 6.08 Å². The Kier molecular flexibility index (Phi) is 5.25. The molecule has 1 N–H and O–H groups in total. The Balaban J connectivity index is 2.03. The van der Waals surface area contributed by atoms with Crippen LogP contribution in [0, 0.1) is 0 Å². The summed E-state index contributed by atoms with van der Waals surface area (Å²) in [5, 5.41) is 2.83. The summed E-state index contributed by atoms with van der Waals surface area (Å²) < 4.78 is 15.7. The van der Waals surface area contributed by atoms with Crippen LogP contribution in [-0.2, 0) is 4.79 Å². The van der Waals surface area contributed by atoms with Crippen LogP contribution in [0.4, 0.5) is 0 Å². The van der Waals surface area contributed by atoms with Gasteiger partial charge in [0.15, 0.2) is 0 Å². The van der Waals surface area contributed by atoms with Crippen LogP contribution in [0.3, 0.4) is 0 Å². The smallest absolute Gasteiger partial charge is 0.244 e. The van der Waals surface area contributed by atoms with E-state index in [1.807, 2.05) is 25.1 Å². The van der Waals surface area contributed by atoms with Crippen LogP contribution >= 0.6 is 0 Å². The predicted molar refractivity (Wildman–Crippen MR) is 83.8 cm³/mol. The predicted octanol–water partition coefficient (Wildman–Crippen LogP) is 3.19. The molecule has 0 bridgehead atoms. The molecule has 22 heavy (non-hydrogen) atoms. The second-order valence-electron chi connectivity index (χ2n) is 4.69. The van der Waals surface area contributed by atoms with Gasteiger partial charge in [0.25, 0.3) is 0 Å². The van der Waals surface area contributed by atoms with Crippen LogP contribution < -0.4 is 14.8 Å². The Morgan fingerprint density at radius 3 is 2.73 bits per heavy atom. The summed E-state index contributed by atoms with van der Waals surface area (Å²) in [5.41, 5.74) is 0.795. The molecule has 116 valence electrons. The molecule has 0 unspecified atom stereocenters. The first-order chi connectivity index (χ1) is 10.6. The lowest BCUT2D eigenvalue weighted by molar-refractivity contribution is -0.117. The highest BCUT2D eigenvalue weighted by molar-refractivity contribution is 5.92. The maximum atomic E-state index is 11.9. The molecule has 1 atom stereocenters. The summed E-state index contributed by atoms with van der Waals surface area (Å²) in [4.78, 5) is 11.9. The Bertz CT molecular complexity index is 647. The van der Waals surface area contributed by atoms with E-state index in [2.05, 4.69) is 5.32 Å². The minimum Gasteiger partial charge on any atom is -0.497 e. The highest BCUT2D eigenvalue weighted by atomic mass is 16.5. The molecule has 0 saturated heterocycles. The van der Waals surface area contributed by atoms with E-state index in [0.29, 0.717) is 17.3 Å². The third-order valence-electron chi connectivity index (χ3n) is 3.18.